The molecule has 0 aliphatic carbocycles. The molecule has 0 atom stereocenters. The van der Waals surface area contributed by atoms with Gasteiger partial charge in [-0.1, -0.05) is 12.1 Å². The molecule has 86 valence electrons. The number of hydrogen-bond donors (Lipinski definition) is 2. The number of aromatic hydroxyl groups is 1. The number of carboxylic acid groups (broad SMARTS) is 1. The van der Waals surface area contributed by atoms with Gasteiger partial charge >= 0.3 is 5.97 Å². The molecule has 0 amide bonds. The fourth-order valence-corrected chi connectivity index (χ4v) is 1.22. The topological polar surface area (TPSA) is 66.8 Å². The second-order valence-electron chi connectivity index (χ2n) is 3.26. The van der Waals surface area contributed by atoms with E-state index in [4.69, 9.17) is 9.84 Å². The van der Waals surface area contributed by atoms with Crippen molar-refractivity contribution in [1.82, 2.24) is 0 Å². The van der Waals surface area contributed by atoms with Crippen molar-refractivity contribution in [1.29, 1.82) is 0 Å². The molecule has 0 fully saturated rings. The zero-order valence-corrected chi connectivity index (χ0v) is 9.23. The summed E-state index contributed by atoms with van der Waals surface area (Å²) in [6, 6.07) is 4.96. The van der Waals surface area contributed by atoms with E-state index in [9.17, 15) is 9.90 Å². The van der Waals surface area contributed by atoms with Crippen LogP contribution in [0.15, 0.2) is 23.8 Å². The number of carboxylic acids is 1. The van der Waals surface area contributed by atoms with Gasteiger partial charge in [0.05, 0.1) is 6.61 Å². The molecule has 0 saturated heterocycles. The minimum atomic E-state index is -1.01. The van der Waals surface area contributed by atoms with Crippen LogP contribution in [0.2, 0.25) is 0 Å². The van der Waals surface area contributed by atoms with Crippen molar-refractivity contribution in [2.24, 2.45) is 0 Å². The first-order chi connectivity index (χ1) is 7.56. The Morgan fingerprint density at radius 3 is 2.75 bits per heavy atom. The van der Waals surface area contributed by atoms with Crippen LogP contribution in [0, 0.1) is 0 Å². The van der Waals surface area contributed by atoms with Crippen molar-refractivity contribution in [3.8, 4) is 11.5 Å². The molecule has 0 spiro atoms. The predicted molar refractivity (Wildman–Crippen MR) is 60.6 cm³/mol. The van der Waals surface area contributed by atoms with Crippen LogP contribution in [0.4, 0.5) is 0 Å². The molecule has 2 N–H and O–H groups in total. The van der Waals surface area contributed by atoms with Gasteiger partial charge in [-0.2, -0.15) is 0 Å². The van der Waals surface area contributed by atoms with Crippen molar-refractivity contribution < 1.29 is 19.7 Å². The van der Waals surface area contributed by atoms with E-state index in [0.717, 1.165) is 0 Å². The summed E-state index contributed by atoms with van der Waals surface area (Å²) in [6.45, 7) is 3.72. The van der Waals surface area contributed by atoms with Crippen LogP contribution in [0.25, 0.3) is 6.08 Å². The molecule has 0 saturated carbocycles. The Labute approximate surface area is 93.8 Å². The van der Waals surface area contributed by atoms with Gasteiger partial charge in [0.15, 0.2) is 11.5 Å². The molecule has 1 rings (SSSR count). The van der Waals surface area contributed by atoms with Crippen molar-refractivity contribution in [2.75, 3.05) is 6.61 Å². The first-order valence-corrected chi connectivity index (χ1v) is 4.92. The third-order valence-electron chi connectivity index (χ3n) is 2.04. The fraction of sp³-hybridized carbons (Fsp3) is 0.250. The molecule has 4 nitrogen and oxygen atoms in total. The van der Waals surface area contributed by atoms with Crippen molar-refractivity contribution in [3.05, 3.63) is 29.3 Å². The Kier molecular flexibility index (Phi) is 3.94. The number of aliphatic carboxylic acids is 1. The van der Waals surface area contributed by atoms with E-state index in [1.807, 2.05) is 6.92 Å². The molecule has 0 aromatic heterocycles. The first-order valence-electron chi connectivity index (χ1n) is 4.92. The number of phenols is 1. The minimum Gasteiger partial charge on any atom is -0.504 e. The van der Waals surface area contributed by atoms with Gasteiger partial charge in [0.2, 0.25) is 0 Å². The highest BCUT2D eigenvalue weighted by Gasteiger charge is 2.07. The number of benzene rings is 1. The largest absolute Gasteiger partial charge is 0.504 e. The third-order valence-corrected chi connectivity index (χ3v) is 2.04. The maximum absolute atomic E-state index is 10.6. The molecule has 4 heteroatoms. The maximum atomic E-state index is 10.6. The average Bonchev–Trinajstić information content (AvgIpc) is 2.24. The highest BCUT2D eigenvalue weighted by molar-refractivity contribution is 5.92. The third kappa shape index (κ3) is 2.76. The molecule has 16 heavy (non-hydrogen) atoms. The van der Waals surface area contributed by atoms with E-state index < -0.39 is 5.97 Å². The Balaban J connectivity index is 3.11. The number of carbonyl (C=O) groups is 1. The van der Waals surface area contributed by atoms with E-state index in [-0.39, 0.29) is 11.3 Å². The van der Waals surface area contributed by atoms with E-state index >= 15 is 0 Å². The van der Waals surface area contributed by atoms with Gasteiger partial charge < -0.3 is 14.9 Å². The Hall–Kier alpha value is -1.97. The van der Waals surface area contributed by atoms with E-state index in [1.54, 1.807) is 18.2 Å². The lowest BCUT2D eigenvalue weighted by Gasteiger charge is -2.07. The standard InChI is InChI=1S/C12H14O4/c1-3-16-10-6-4-5-9(11(10)13)7-8(2)12(14)15/h4-7,13H,3H2,1-2H3,(H,14,15)/b8-7+. The molecule has 1 aromatic carbocycles. The average molecular weight is 222 g/mol. The molecule has 0 heterocycles. The molecule has 0 radical (unpaired) electrons. The van der Waals surface area contributed by atoms with Crippen LogP contribution in [0.1, 0.15) is 19.4 Å². The van der Waals surface area contributed by atoms with Gasteiger partial charge in [0.1, 0.15) is 0 Å². The Morgan fingerprint density at radius 1 is 1.50 bits per heavy atom. The summed E-state index contributed by atoms with van der Waals surface area (Å²) >= 11 is 0. The van der Waals surface area contributed by atoms with Crippen LogP contribution in [0.3, 0.4) is 0 Å². The van der Waals surface area contributed by atoms with Crippen LogP contribution in [-0.2, 0) is 4.79 Å². The van der Waals surface area contributed by atoms with Gasteiger partial charge in [0.25, 0.3) is 0 Å². The lowest BCUT2D eigenvalue weighted by atomic mass is 10.1. The molecule has 0 bridgehead atoms. The van der Waals surface area contributed by atoms with Crippen LogP contribution in [-0.4, -0.2) is 22.8 Å². The van der Waals surface area contributed by atoms with Gasteiger partial charge in [-0.3, -0.25) is 0 Å². The summed E-state index contributed by atoms with van der Waals surface area (Å²) in [5.41, 5.74) is 0.592. The van der Waals surface area contributed by atoms with Crippen LogP contribution >= 0.6 is 0 Å². The summed E-state index contributed by atoms with van der Waals surface area (Å²) < 4.78 is 5.19. The van der Waals surface area contributed by atoms with Crippen molar-refractivity contribution in [3.63, 3.8) is 0 Å². The fourth-order valence-electron chi connectivity index (χ4n) is 1.22. The molecular formula is C12H14O4. The van der Waals surface area contributed by atoms with Gasteiger partial charge in [-0.25, -0.2) is 4.79 Å². The predicted octanol–water partition coefficient (Wildman–Crippen LogP) is 2.28. The van der Waals surface area contributed by atoms with E-state index in [2.05, 4.69) is 0 Å². The summed E-state index contributed by atoms with van der Waals surface area (Å²) in [7, 11) is 0. The summed E-state index contributed by atoms with van der Waals surface area (Å²) in [6.07, 6.45) is 1.40. The lowest BCUT2D eigenvalue weighted by molar-refractivity contribution is -0.132. The number of para-hydroxylation sites is 1. The highest BCUT2D eigenvalue weighted by atomic mass is 16.5. The molecule has 0 aliphatic heterocycles. The first kappa shape index (κ1) is 12.1. The minimum absolute atomic E-state index is 0.0371. The normalized spacial score (nSPS) is 11.2. The second-order valence-corrected chi connectivity index (χ2v) is 3.26. The van der Waals surface area contributed by atoms with E-state index in [1.165, 1.54) is 13.0 Å². The zero-order chi connectivity index (χ0) is 12.1. The SMILES string of the molecule is CCOc1cccc(/C=C(\C)C(=O)O)c1O. The van der Waals surface area contributed by atoms with Crippen molar-refractivity contribution >= 4 is 12.0 Å². The van der Waals surface area contributed by atoms with Gasteiger partial charge in [-0.15, -0.1) is 0 Å². The zero-order valence-electron chi connectivity index (χ0n) is 9.23. The molecular weight excluding hydrogens is 208 g/mol. The van der Waals surface area contributed by atoms with Gasteiger partial charge in [-0.05, 0) is 26.0 Å². The quantitative estimate of drug-likeness (QED) is 0.767. The summed E-state index contributed by atoms with van der Waals surface area (Å²) in [4.78, 5) is 10.6. The smallest absolute Gasteiger partial charge is 0.331 e. The number of phenolic OH excluding ortho intramolecular Hbond substituents is 1. The number of ether oxygens (including phenoxy) is 1. The molecule has 1 aromatic rings. The van der Waals surface area contributed by atoms with Crippen LogP contribution in [0.5, 0.6) is 11.5 Å². The van der Waals surface area contributed by atoms with Crippen molar-refractivity contribution in [2.45, 2.75) is 13.8 Å². The second kappa shape index (κ2) is 5.21. The summed E-state index contributed by atoms with van der Waals surface area (Å²) in [5, 5.41) is 18.5. The lowest BCUT2D eigenvalue weighted by Crippen LogP contribution is -1.96. The molecule has 0 unspecified atom stereocenters. The maximum Gasteiger partial charge on any atom is 0.331 e. The van der Waals surface area contributed by atoms with E-state index in [0.29, 0.717) is 17.9 Å². The monoisotopic (exact) mass is 222 g/mol. The van der Waals surface area contributed by atoms with Gasteiger partial charge in [0, 0.05) is 11.1 Å². The Morgan fingerprint density at radius 2 is 2.19 bits per heavy atom. The Bertz CT molecular complexity index is 421. The summed E-state index contributed by atoms with van der Waals surface area (Å²) in [5.74, 6) is -0.694. The number of rotatable bonds is 4. The highest BCUT2D eigenvalue weighted by Crippen LogP contribution is 2.31. The molecule has 0 aliphatic rings. The number of hydrogen-bond acceptors (Lipinski definition) is 3. The van der Waals surface area contributed by atoms with Crippen LogP contribution < -0.4 is 4.74 Å².